The fourth-order valence-electron chi connectivity index (χ4n) is 2.49. The van der Waals surface area contributed by atoms with Gasteiger partial charge in [0.25, 0.3) is 11.8 Å². The van der Waals surface area contributed by atoms with Crippen molar-refractivity contribution in [2.24, 2.45) is 0 Å². The monoisotopic (exact) mass is 364 g/mol. The molecule has 0 aliphatic heterocycles. The fourth-order valence-corrected chi connectivity index (χ4v) is 2.62. The van der Waals surface area contributed by atoms with E-state index in [4.69, 9.17) is 11.6 Å². The van der Waals surface area contributed by atoms with Crippen molar-refractivity contribution in [1.82, 2.24) is 0 Å². The summed E-state index contributed by atoms with van der Waals surface area (Å²) in [5.41, 5.74) is 2.28. The van der Waals surface area contributed by atoms with Gasteiger partial charge in [-0.15, -0.1) is 0 Å². The average Bonchev–Trinajstić information content (AvgIpc) is 2.69. The van der Waals surface area contributed by atoms with Crippen molar-refractivity contribution in [3.8, 4) is 0 Å². The standard InChI is InChI=1S/C21H17ClN2O2/c1-24(19-8-3-2-4-9-19)21(26)16-7-5-6-15(14-16)20(25)23-18-12-10-17(22)11-13-18/h2-14H,1H3,(H,23,25). The fraction of sp³-hybridized carbons (Fsp3) is 0.0476. The second-order valence-corrected chi connectivity index (χ2v) is 6.18. The third-order valence-electron chi connectivity index (χ3n) is 3.92. The Morgan fingerprint density at radius 1 is 0.846 bits per heavy atom. The topological polar surface area (TPSA) is 49.4 Å². The van der Waals surface area contributed by atoms with Gasteiger partial charge in [-0.1, -0.05) is 35.9 Å². The van der Waals surface area contributed by atoms with Crippen molar-refractivity contribution in [2.45, 2.75) is 0 Å². The van der Waals surface area contributed by atoms with Gasteiger partial charge in [-0.25, -0.2) is 0 Å². The van der Waals surface area contributed by atoms with E-state index in [-0.39, 0.29) is 11.8 Å². The molecule has 0 spiro atoms. The van der Waals surface area contributed by atoms with Crippen molar-refractivity contribution in [2.75, 3.05) is 17.3 Å². The molecule has 26 heavy (non-hydrogen) atoms. The summed E-state index contributed by atoms with van der Waals surface area (Å²) in [6, 6.07) is 22.8. The van der Waals surface area contributed by atoms with Gasteiger partial charge in [0, 0.05) is 34.6 Å². The number of carbonyl (C=O) groups excluding carboxylic acids is 2. The van der Waals surface area contributed by atoms with E-state index in [2.05, 4.69) is 5.32 Å². The molecule has 3 aromatic rings. The zero-order valence-electron chi connectivity index (χ0n) is 14.1. The van der Waals surface area contributed by atoms with E-state index in [1.54, 1.807) is 60.5 Å². The molecule has 0 fully saturated rings. The quantitative estimate of drug-likeness (QED) is 0.718. The second kappa shape index (κ2) is 7.85. The lowest BCUT2D eigenvalue weighted by atomic mass is 10.1. The van der Waals surface area contributed by atoms with Crippen LogP contribution in [0.1, 0.15) is 20.7 Å². The Hall–Kier alpha value is -3.11. The van der Waals surface area contributed by atoms with E-state index in [0.29, 0.717) is 21.8 Å². The number of rotatable bonds is 4. The lowest BCUT2D eigenvalue weighted by Crippen LogP contribution is -2.26. The largest absolute Gasteiger partial charge is 0.322 e. The van der Waals surface area contributed by atoms with Crippen LogP contribution in [0.2, 0.25) is 5.02 Å². The Morgan fingerprint density at radius 3 is 2.19 bits per heavy atom. The third-order valence-corrected chi connectivity index (χ3v) is 4.17. The molecule has 130 valence electrons. The number of hydrogen-bond acceptors (Lipinski definition) is 2. The summed E-state index contributed by atoms with van der Waals surface area (Å²) in [6.45, 7) is 0. The van der Waals surface area contributed by atoms with Gasteiger partial charge in [0.1, 0.15) is 0 Å². The maximum atomic E-state index is 12.7. The summed E-state index contributed by atoms with van der Waals surface area (Å²) in [7, 11) is 1.71. The van der Waals surface area contributed by atoms with Crippen LogP contribution in [0.5, 0.6) is 0 Å². The molecule has 0 saturated heterocycles. The van der Waals surface area contributed by atoms with E-state index in [1.807, 2.05) is 30.3 Å². The van der Waals surface area contributed by atoms with E-state index in [9.17, 15) is 9.59 Å². The lowest BCUT2D eigenvalue weighted by molar-refractivity contribution is 0.0993. The number of hydrogen-bond donors (Lipinski definition) is 1. The molecule has 3 aromatic carbocycles. The Labute approximate surface area is 157 Å². The van der Waals surface area contributed by atoms with Gasteiger partial charge in [0.2, 0.25) is 0 Å². The highest BCUT2D eigenvalue weighted by molar-refractivity contribution is 6.30. The summed E-state index contributed by atoms with van der Waals surface area (Å²) in [5.74, 6) is -0.471. The molecule has 0 saturated carbocycles. The maximum Gasteiger partial charge on any atom is 0.258 e. The number of halogens is 1. The summed E-state index contributed by atoms with van der Waals surface area (Å²) in [4.78, 5) is 26.7. The molecule has 3 rings (SSSR count). The van der Waals surface area contributed by atoms with E-state index < -0.39 is 0 Å². The summed E-state index contributed by atoms with van der Waals surface area (Å²) in [6.07, 6.45) is 0. The van der Waals surface area contributed by atoms with E-state index in [1.165, 1.54) is 0 Å². The molecular formula is C21H17ClN2O2. The zero-order chi connectivity index (χ0) is 18.5. The number of anilines is 2. The molecule has 0 aromatic heterocycles. The summed E-state index contributed by atoms with van der Waals surface area (Å²) >= 11 is 5.85. The zero-order valence-corrected chi connectivity index (χ0v) is 14.9. The van der Waals surface area contributed by atoms with Crippen LogP contribution >= 0.6 is 11.6 Å². The molecule has 0 aliphatic rings. The van der Waals surface area contributed by atoms with Crippen LogP contribution in [0.15, 0.2) is 78.9 Å². The van der Waals surface area contributed by atoms with Crippen LogP contribution in [0.3, 0.4) is 0 Å². The van der Waals surface area contributed by atoms with Crippen molar-refractivity contribution in [3.05, 3.63) is 95.0 Å². The van der Waals surface area contributed by atoms with Crippen LogP contribution in [0, 0.1) is 0 Å². The molecule has 0 unspecified atom stereocenters. The lowest BCUT2D eigenvalue weighted by Gasteiger charge is -2.17. The first-order valence-corrected chi connectivity index (χ1v) is 8.42. The van der Waals surface area contributed by atoms with Crippen molar-refractivity contribution in [3.63, 3.8) is 0 Å². The van der Waals surface area contributed by atoms with Crippen LogP contribution < -0.4 is 10.2 Å². The Bertz CT molecular complexity index is 924. The van der Waals surface area contributed by atoms with Crippen molar-refractivity contribution < 1.29 is 9.59 Å². The van der Waals surface area contributed by atoms with Crippen LogP contribution in [0.4, 0.5) is 11.4 Å². The molecule has 0 atom stereocenters. The van der Waals surface area contributed by atoms with Crippen LogP contribution in [-0.2, 0) is 0 Å². The van der Waals surface area contributed by atoms with Gasteiger partial charge in [0.05, 0.1) is 0 Å². The Morgan fingerprint density at radius 2 is 1.50 bits per heavy atom. The van der Waals surface area contributed by atoms with E-state index in [0.717, 1.165) is 5.69 Å². The second-order valence-electron chi connectivity index (χ2n) is 5.74. The van der Waals surface area contributed by atoms with Crippen LogP contribution in [0.25, 0.3) is 0 Å². The molecular weight excluding hydrogens is 348 g/mol. The first kappa shape index (κ1) is 17.7. The molecule has 0 radical (unpaired) electrons. The number of benzene rings is 3. The Kier molecular flexibility index (Phi) is 5.34. The molecule has 4 nitrogen and oxygen atoms in total. The minimum Gasteiger partial charge on any atom is -0.322 e. The first-order chi connectivity index (χ1) is 12.5. The maximum absolute atomic E-state index is 12.7. The molecule has 0 heterocycles. The van der Waals surface area contributed by atoms with Gasteiger partial charge in [-0.2, -0.15) is 0 Å². The molecule has 5 heteroatoms. The minimum absolute atomic E-state index is 0.183. The van der Waals surface area contributed by atoms with Gasteiger partial charge in [0.15, 0.2) is 0 Å². The highest BCUT2D eigenvalue weighted by atomic mass is 35.5. The smallest absolute Gasteiger partial charge is 0.258 e. The number of carbonyl (C=O) groups is 2. The number of amides is 2. The average molecular weight is 365 g/mol. The van der Waals surface area contributed by atoms with Gasteiger partial charge >= 0.3 is 0 Å². The predicted molar refractivity (Wildman–Crippen MR) is 105 cm³/mol. The first-order valence-electron chi connectivity index (χ1n) is 8.05. The van der Waals surface area contributed by atoms with Crippen LogP contribution in [-0.4, -0.2) is 18.9 Å². The molecule has 2 amide bonds. The van der Waals surface area contributed by atoms with E-state index >= 15 is 0 Å². The number of para-hydroxylation sites is 1. The minimum atomic E-state index is -0.288. The van der Waals surface area contributed by atoms with Gasteiger partial charge in [-0.3, -0.25) is 9.59 Å². The highest BCUT2D eigenvalue weighted by Crippen LogP contribution is 2.17. The third kappa shape index (κ3) is 4.10. The molecule has 0 bridgehead atoms. The number of nitrogens with zero attached hydrogens (tertiary/aromatic N) is 1. The Balaban J connectivity index is 1.78. The summed E-state index contributed by atoms with van der Waals surface area (Å²) < 4.78 is 0. The van der Waals surface area contributed by atoms with Gasteiger partial charge in [-0.05, 0) is 54.6 Å². The number of nitrogens with one attached hydrogen (secondary N) is 1. The SMILES string of the molecule is CN(C(=O)c1cccc(C(=O)Nc2ccc(Cl)cc2)c1)c1ccccc1. The normalized spacial score (nSPS) is 10.2. The predicted octanol–water partition coefficient (Wildman–Crippen LogP) is 4.87. The molecule has 0 aliphatic carbocycles. The highest BCUT2D eigenvalue weighted by Gasteiger charge is 2.15. The summed E-state index contributed by atoms with van der Waals surface area (Å²) in [5, 5.41) is 3.39. The molecule has 1 N–H and O–H groups in total. The van der Waals surface area contributed by atoms with Crippen molar-refractivity contribution >= 4 is 34.8 Å². The van der Waals surface area contributed by atoms with Crippen molar-refractivity contribution in [1.29, 1.82) is 0 Å². The van der Waals surface area contributed by atoms with Gasteiger partial charge < -0.3 is 10.2 Å².